The van der Waals surface area contributed by atoms with E-state index in [1.54, 1.807) is 35.6 Å². The van der Waals surface area contributed by atoms with Crippen LogP contribution in [0.1, 0.15) is 58.8 Å². The molecule has 38 heavy (non-hydrogen) atoms. The highest BCUT2D eigenvalue weighted by Gasteiger charge is 2.46. The van der Waals surface area contributed by atoms with Crippen molar-refractivity contribution in [2.24, 2.45) is 5.92 Å². The molecular weight excluding hydrogens is 529 g/mol. The average molecular weight is 554 g/mol. The lowest BCUT2D eigenvalue weighted by Crippen LogP contribution is -2.38. The first kappa shape index (κ1) is 24.1. The Bertz CT molecular complexity index is 1560. The van der Waals surface area contributed by atoms with Gasteiger partial charge in [-0.15, -0.1) is 0 Å². The van der Waals surface area contributed by atoms with Gasteiger partial charge in [0.2, 0.25) is 0 Å². The molecule has 2 aromatic heterocycles. The Hall–Kier alpha value is -3.01. The predicted octanol–water partition coefficient (Wildman–Crippen LogP) is 6.81. The van der Waals surface area contributed by atoms with Gasteiger partial charge in [0, 0.05) is 30.0 Å². The fourth-order valence-corrected chi connectivity index (χ4v) is 7.43. The Balaban J connectivity index is 1.09. The maximum Gasteiger partial charge on any atom is 0.335 e. The van der Waals surface area contributed by atoms with Gasteiger partial charge >= 0.3 is 5.97 Å². The molecule has 2 bridgehead atoms. The molecule has 7 nitrogen and oxygen atoms in total. The molecule has 1 saturated heterocycles. The van der Waals surface area contributed by atoms with Crippen molar-refractivity contribution in [1.29, 1.82) is 0 Å². The van der Waals surface area contributed by atoms with Crippen LogP contribution in [0, 0.1) is 18.7 Å². The lowest BCUT2D eigenvalue weighted by molar-refractivity contribution is 0.0122. The minimum Gasteiger partial charge on any atom is -0.478 e. The molecule has 3 aliphatic rings. The van der Waals surface area contributed by atoms with E-state index in [-0.39, 0.29) is 17.2 Å². The van der Waals surface area contributed by atoms with E-state index in [1.807, 2.05) is 6.92 Å². The number of rotatable bonds is 7. The molecule has 2 aliphatic carbocycles. The zero-order chi connectivity index (χ0) is 26.1. The number of piperidine rings is 1. The van der Waals surface area contributed by atoms with Crippen LogP contribution in [-0.4, -0.2) is 39.9 Å². The van der Waals surface area contributed by atoms with Gasteiger partial charge in [0.1, 0.15) is 17.3 Å². The van der Waals surface area contributed by atoms with Crippen LogP contribution in [0.4, 0.5) is 9.52 Å². The number of nitrogens with zero attached hydrogens (tertiary/aromatic N) is 3. The van der Waals surface area contributed by atoms with E-state index < -0.39 is 11.8 Å². The molecular formula is C28H25ClFN3O4S. The average Bonchev–Trinajstić information content (AvgIpc) is 3.22. The van der Waals surface area contributed by atoms with Crippen LogP contribution in [-0.2, 0) is 11.3 Å². The number of anilines is 1. The SMILES string of the molecule is Cc1cc(C(=O)O)cc2sc(N3C[C@@H]4C[C@H]3C[C@H]4OCc3c(-c4c(F)cccc4Cl)noc3C3CC3)nc12. The summed E-state index contributed by atoms with van der Waals surface area (Å²) in [5, 5.41) is 14.9. The summed E-state index contributed by atoms with van der Waals surface area (Å²) in [7, 11) is 0. The number of ether oxygens (including phenoxy) is 1. The number of hydrogen-bond donors (Lipinski definition) is 1. The van der Waals surface area contributed by atoms with E-state index >= 15 is 0 Å². The molecule has 4 aromatic rings. The monoisotopic (exact) mass is 553 g/mol. The highest BCUT2D eigenvalue weighted by molar-refractivity contribution is 7.22. The van der Waals surface area contributed by atoms with Crippen LogP contribution >= 0.6 is 22.9 Å². The van der Waals surface area contributed by atoms with Gasteiger partial charge in [0.05, 0.1) is 39.1 Å². The first-order valence-electron chi connectivity index (χ1n) is 12.8. The predicted molar refractivity (Wildman–Crippen MR) is 143 cm³/mol. The molecule has 10 heteroatoms. The zero-order valence-corrected chi connectivity index (χ0v) is 22.2. The van der Waals surface area contributed by atoms with Crippen LogP contribution in [0.15, 0.2) is 34.9 Å². The van der Waals surface area contributed by atoms with Crippen LogP contribution in [0.5, 0.6) is 0 Å². The second-order valence-corrected chi connectivity index (χ2v) is 12.0. The van der Waals surface area contributed by atoms with Crippen LogP contribution in [0.25, 0.3) is 21.5 Å². The molecule has 7 rings (SSSR count). The number of fused-ring (bicyclic) bond motifs is 3. The lowest BCUT2D eigenvalue weighted by atomic mass is 10.0. The topological polar surface area (TPSA) is 88.7 Å². The summed E-state index contributed by atoms with van der Waals surface area (Å²) in [6.45, 7) is 3.05. The molecule has 0 unspecified atom stereocenters. The van der Waals surface area contributed by atoms with Crippen molar-refractivity contribution in [2.75, 3.05) is 11.4 Å². The van der Waals surface area contributed by atoms with Gasteiger partial charge in [-0.3, -0.25) is 0 Å². The van der Waals surface area contributed by atoms with Gasteiger partial charge < -0.3 is 19.3 Å². The molecule has 0 radical (unpaired) electrons. The van der Waals surface area contributed by atoms with Crippen LogP contribution in [0.3, 0.4) is 0 Å². The highest BCUT2D eigenvalue weighted by atomic mass is 35.5. The molecule has 3 fully saturated rings. The molecule has 1 N–H and O–H groups in total. The number of benzene rings is 2. The van der Waals surface area contributed by atoms with Crippen molar-refractivity contribution >= 4 is 44.3 Å². The first-order chi connectivity index (χ1) is 18.4. The Morgan fingerprint density at radius 3 is 2.87 bits per heavy atom. The Morgan fingerprint density at radius 2 is 2.16 bits per heavy atom. The third-order valence-electron chi connectivity index (χ3n) is 8.05. The van der Waals surface area contributed by atoms with Gasteiger partial charge in [-0.05, 0) is 62.4 Å². The minimum atomic E-state index is -0.928. The van der Waals surface area contributed by atoms with E-state index in [4.69, 9.17) is 25.8 Å². The number of aromatic nitrogens is 2. The van der Waals surface area contributed by atoms with E-state index in [1.165, 1.54) is 6.07 Å². The molecule has 196 valence electrons. The number of carbonyl (C=O) groups is 1. The highest BCUT2D eigenvalue weighted by Crippen LogP contribution is 2.47. The van der Waals surface area contributed by atoms with Gasteiger partial charge in [0.15, 0.2) is 5.13 Å². The summed E-state index contributed by atoms with van der Waals surface area (Å²) in [6.07, 6.45) is 4.04. The summed E-state index contributed by atoms with van der Waals surface area (Å²) in [5.74, 6) is 0.0944. The van der Waals surface area contributed by atoms with Crippen molar-refractivity contribution in [3.8, 4) is 11.3 Å². The van der Waals surface area contributed by atoms with Gasteiger partial charge in [-0.1, -0.05) is 34.2 Å². The molecule has 2 aromatic carbocycles. The number of carboxylic acids is 1. The fourth-order valence-electron chi connectivity index (χ4n) is 6.01. The lowest BCUT2D eigenvalue weighted by Gasteiger charge is -2.31. The van der Waals surface area contributed by atoms with E-state index in [9.17, 15) is 14.3 Å². The summed E-state index contributed by atoms with van der Waals surface area (Å²) in [5.41, 5.74) is 3.53. The second-order valence-electron chi connectivity index (χ2n) is 10.6. The third-order valence-corrected chi connectivity index (χ3v) is 9.41. The number of aryl methyl sites for hydroxylation is 1. The van der Waals surface area contributed by atoms with E-state index in [0.29, 0.717) is 35.2 Å². The van der Waals surface area contributed by atoms with Gasteiger partial charge in [-0.25, -0.2) is 14.2 Å². The smallest absolute Gasteiger partial charge is 0.335 e. The third kappa shape index (κ3) is 3.99. The van der Waals surface area contributed by atoms with Gasteiger partial charge in [-0.2, -0.15) is 0 Å². The van der Waals surface area contributed by atoms with Crippen molar-refractivity contribution in [3.63, 3.8) is 0 Å². The molecule has 0 spiro atoms. The summed E-state index contributed by atoms with van der Waals surface area (Å²) >= 11 is 7.90. The molecule has 0 amide bonds. The largest absolute Gasteiger partial charge is 0.478 e. The number of carboxylic acid groups (broad SMARTS) is 1. The summed E-state index contributed by atoms with van der Waals surface area (Å²) in [6, 6.07) is 8.33. The Labute approximate surface area is 227 Å². The standard InChI is InChI=1S/C28H25ClFN3O4S/c1-13-7-15(27(34)35)9-22-24(13)31-28(38-22)33-11-16-8-17(33)10-21(16)36-12-18-25(32-37-26(18)14-5-6-14)23-19(29)3-2-4-20(23)30/h2-4,7,9,14,16-17,21H,5-6,8,10-12H2,1H3,(H,34,35)/t16-,17-,21+/m0/s1. The Kier molecular flexibility index (Phi) is 5.72. The molecule has 3 atom stereocenters. The second kappa shape index (κ2) is 9.03. The quantitative estimate of drug-likeness (QED) is 0.269. The number of aromatic carboxylic acids is 1. The van der Waals surface area contributed by atoms with E-state index in [2.05, 4.69) is 10.1 Å². The molecule has 2 saturated carbocycles. The Morgan fingerprint density at radius 1 is 1.32 bits per heavy atom. The zero-order valence-electron chi connectivity index (χ0n) is 20.6. The minimum absolute atomic E-state index is 0.0804. The maximum absolute atomic E-state index is 14.7. The number of halogens is 2. The van der Waals surface area contributed by atoms with Crippen molar-refractivity contribution in [2.45, 2.75) is 57.3 Å². The molecule has 1 aliphatic heterocycles. The van der Waals surface area contributed by atoms with Crippen LogP contribution in [0.2, 0.25) is 5.02 Å². The fraction of sp³-hybridized carbons (Fsp3) is 0.393. The first-order valence-corrected chi connectivity index (χ1v) is 14.0. The normalized spacial score (nSPS) is 22.6. The van der Waals surface area contributed by atoms with Crippen molar-refractivity contribution < 1.29 is 23.6 Å². The number of thiazole rings is 1. The number of hydrogen-bond acceptors (Lipinski definition) is 7. The summed E-state index contributed by atoms with van der Waals surface area (Å²) in [4.78, 5) is 18.7. The van der Waals surface area contributed by atoms with Crippen LogP contribution < -0.4 is 4.90 Å². The van der Waals surface area contributed by atoms with E-state index in [0.717, 1.165) is 64.5 Å². The molecule has 3 heterocycles. The van der Waals surface area contributed by atoms with Crippen molar-refractivity contribution in [3.05, 3.63) is 63.6 Å². The maximum atomic E-state index is 14.7. The summed E-state index contributed by atoms with van der Waals surface area (Å²) < 4.78 is 27.8. The van der Waals surface area contributed by atoms with Crippen molar-refractivity contribution in [1.82, 2.24) is 10.1 Å². The van der Waals surface area contributed by atoms with Gasteiger partial charge in [0.25, 0.3) is 0 Å².